The third kappa shape index (κ3) is 4.00. The summed E-state index contributed by atoms with van der Waals surface area (Å²) in [4.78, 5) is 25.3. The van der Waals surface area contributed by atoms with Crippen molar-refractivity contribution in [2.75, 3.05) is 5.32 Å². The Hall–Kier alpha value is -2.18. The van der Waals surface area contributed by atoms with Gasteiger partial charge in [0.05, 0.1) is 11.9 Å². The lowest BCUT2D eigenvalue weighted by molar-refractivity contribution is 0.0632. The predicted molar refractivity (Wildman–Crippen MR) is 61.0 cm³/mol. The summed E-state index contributed by atoms with van der Waals surface area (Å²) >= 11 is 0. The van der Waals surface area contributed by atoms with E-state index >= 15 is 0 Å². The zero-order chi connectivity index (χ0) is 13.9. The van der Waals surface area contributed by atoms with Crippen LogP contribution in [0.1, 0.15) is 31.1 Å². The minimum absolute atomic E-state index is 0.0445. The molecule has 0 aliphatic carbocycles. The van der Waals surface area contributed by atoms with Crippen molar-refractivity contribution >= 4 is 17.7 Å². The first-order chi connectivity index (χ1) is 8.19. The van der Waals surface area contributed by atoms with Gasteiger partial charge in [-0.1, -0.05) is 0 Å². The van der Waals surface area contributed by atoms with Gasteiger partial charge in [0.25, 0.3) is 0 Å². The van der Waals surface area contributed by atoms with Gasteiger partial charge in [-0.05, 0) is 26.8 Å². The van der Waals surface area contributed by atoms with Crippen LogP contribution in [0.15, 0.2) is 12.3 Å². The zero-order valence-corrected chi connectivity index (χ0v) is 10.2. The van der Waals surface area contributed by atoms with Gasteiger partial charge in [0, 0.05) is 0 Å². The SMILES string of the molecule is CC(C)(C)OC(=O)Nc1cnc(F)c(C(=O)O)c1. The van der Waals surface area contributed by atoms with Crippen LogP contribution in [0, 0.1) is 5.95 Å². The van der Waals surface area contributed by atoms with Crippen LogP contribution in [0.4, 0.5) is 14.9 Å². The van der Waals surface area contributed by atoms with E-state index in [1.54, 1.807) is 20.8 Å². The Labute approximate surface area is 103 Å². The summed E-state index contributed by atoms with van der Waals surface area (Å²) in [6.45, 7) is 5.04. The summed E-state index contributed by atoms with van der Waals surface area (Å²) in [5.74, 6) is -2.58. The Bertz CT molecular complexity index is 482. The van der Waals surface area contributed by atoms with Crippen LogP contribution < -0.4 is 5.32 Å². The van der Waals surface area contributed by atoms with Crippen molar-refractivity contribution in [1.82, 2.24) is 4.98 Å². The fraction of sp³-hybridized carbons (Fsp3) is 0.364. The van der Waals surface area contributed by atoms with Gasteiger partial charge in [-0.25, -0.2) is 14.6 Å². The summed E-state index contributed by atoms with van der Waals surface area (Å²) < 4.78 is 17.9. The lowest BCUT2D eigenvalue weighted by Gasteiger charge is -2.19. The van der Waals surface area contributed by atoms with Crippen molar-refractivity contribution in [3.63, 3.8) is 0 Å². The maximum Gasteiger partial charge on any atom is 0.412 e. The molecule has 0 aliphatic heterocycles. The molecule has 0 radical (unpaired) electrons. The smallest absolute Gasteiger partial charge is 0.412 e. The zero-order valence-electron chi connectivity index (χ0n) is 10.2. The highest BCUT2D eigenvalue weighted by atomic mass is 19.1. The number of amides is 1. The highest BCUT2D eigenvalue weighted by Gasteiger charge is 2.18. The molecular formula is C11H13FN2O4. The van der Waals surface area contributed by atoms with Crippen molar-refractivity contribution in [1.29, 1.82) is 0 Å². The van der Waals surface area contributed by atoms with E-state index in [0.717, 1.165) is 12.3 Å². The minimum atomic E-state index is -1.46. The fourth-order valence-electron chi connectivity index (χ4n) is 1.09. The lowest BCUT2D eigenvalue weighted by atomic mass is 10.2. The summed E-state index contributed by atoms with van der Waals surface area (Å²) in [5, 5.41) is 11.0. The number of nitrogens with zero attached hydrogens (tertiary/aromatic N) is 1. The van der Waals surface area contributed by atoms with Gasteiger partial charge in [0.2, 0.25) is 5.95 Å². The summed E-state index contributed by atoms with van der Waals surface area (Å²) in [7, 11) is 0. The summed E-state index contributed by atoms with van der Waals surface area (Å²) in [6.07, 6.45) is 0.235. The van der Waals surface area contributed by atoms with E-state index in [1.807, 2.05) is 0 Å². The molecule has 2 N–H and O–H groups in total. The van der Waals surface area contributed by atoms with Gasteiger partial charge >= 0.3 is 12.1 Å². The third-order valence-electron chi connectivity index (χ3n) is 1.71. The van der Waals surface area contributed by atoms with Gasteiger partial charge < -0.3 is 9.84 Å². The number of carboxylic acid groups (broad SMARTS) is 1. The van der Waals surface area contributed by atoms with Crippen LogP contribution in [0.2, 0.25) is 0 Å². The van der Waals surface area contributed by atoms with Gasteiger partial charge in [-0.15, -0.1) is 0 Å². The summed E-state index contributed by atoms with van der Waals surface area (Å²) in [5.41, 5.74) is -1.26. The predicted octanol–water partition coefficient (Wildman–Crippen LogP) is 2.27. The molecule has 0 aliphatic rings. The molecule has 0 saturated heterocycles. The molecular weight excluding hydrogens is 243 g/mol. The number of aromatic nitrogens is 1. The highest BCUT2D eigenvalue weighted by molar-refractivity contribution is 5.91. The van der Waals surface area contributed by atoms with Gasteiger partial charge in [0.15, 0.2) is 0 Å². The number of hydrogen-bond acceptors (Lipinski definition) is 4. The number of nitrogens with one attached hydrogen (secondary N) is 1. The number of aromatic carboxylic acids is 1. The van der Waals surface area contributed by atoms with E-state index in [4.69, 9.17) is 9.84 Å². The molecule has 0 saturated carbocycles. The average molecular weight is 256 g/mol. The molecule has 6 nitrogen and oxygen atoms in total. The molecule has 0 bridgehead atoms. The normalized spacial score (nSPS) is 10.9. The molecule has 1 rings (SSSR count). The van der Waals surface area contributed by atoms with Crippen molar-refractivity contribution in [3.05, 3.63) is 23.8 Å². The first-order valence-electron chi connectivity index (χ1n) is 5.08. The first kappa shape index (κ1) is 13.9. The maximum absolute atomic E-state index is 13.0. The quantitative estimate of drug-likeness (QED) is 0.792. The van der Waals surface area contributed by atoms with Crippen LogP contribution >= 0.6 is 0 Å². The molecule has 98 valence electrons. The number of carbonyl (C=O) groups is 2. The molecule has 18 heavy (non-hydrogen) atoms. The highest BCUT2D eigenvalue weighted by Crippen LogP contribution is 2.14. The fourth-order valence-corrected chi connectivity index (χ4v) is 1.09. The van der Waals surface area contributed by atoms with E-state index in [-0.39, 0.29) is 5.69 Å². The number of pyridine rings is 1. The molecule has 1 heterocycles. The standard InChI is InChI=1S/C11H13FN2O4/c1-11(2,3)18-10(17)14-6-4-7(9(15)16)8(12)13-5-6/h4-5H,1-3H3,(H,14,17)(H,15,16). The van der Waals surface area contributed by atoms with E-state index in [2.05, 4.69) is 10.3 Å². The molecule has 7 heteroatoms. The molecule has 1 aromatic heterocycles. The van der Waals surface area contributed by atoms with Crippen LogP contribution in [0.5, 0.6) is 0 Å². The van der Waals surface area contributed by atoms with Crippen LogP contribution in [-0.2, 0) is 4.74 Å². The Balaban J connectivity index is 2.83. The number of rotatable bonds is 2. The van der Waals surface area contributed by atoms with Crippen molar-refractivity contribution in [3.8, 4) is 0 Å². The third-order valence-corrected chi connectivity index (χ3v) is 1.71. The van der Waals surface area contributed by atoms with E-state index in [9.17, 15) is 14.0 Å². The van der Waals surface area contributed by atoms with Gasteiger partial charge in [0.1, 0.15) is 11.2 Å². The molecule has 0 unspecified atom stereocenters. The second-order valence-electron chi connectivity index (χ2n) is 4.49. The number of carbonyl (C=O) groups excluding carboxylic acids is 1. The summed E-state index contributed by atoms with van der Waals surface area (Å²) in [6, 6.07) is 0.967. The molecule has 0 atom stereocenters. The first-order valence-corrected chi connectivity index (χ1v) is 5.08. The lowest BCUT2D eigenvalue weighted by Crippen LogP contribution is -2.27. The van der Waals surface area contributed by atoms with Gasteiger partial charge in [-0.2, -0.15) is 4.39 Å². The molecule has 1 amide bonds. The van der Waals surface area contributed by atoms with E-state index < -0.39 is 29.2 Å². The van der Waals surface area contributed by atoms with Crippen LogP contribution in [0.3, 0.4) is 0 Å². The topological polar surface area (TPSA) is 88.5 Å². The maximum atomic E-state index is 13.0. The Morgan fingerprint density at radius 1 is 1.44 bits per heavy atom. The monoisotopic (exact) mass is 256 g/mol. The largest absolute Gasteiger partial charge is 0.478 e. The molecule has 0 spiro atoms. The van der Waals surface area contributed by atoms with E-state index in [1.165, 1.54) is 0 Å². The number of halogens is 1. The van der Waals surface area contributed by atoms with Crippen molar-refractivity contribution in [2.45, 2.75) is 26.4 Å². The van der Waals surface area contributed by atoms with Crippen LogP contribution in [0.25, 0.3) is 0 Å². The van der Waals surface area contributed by atoms with Gasteiger partial charge in [-0.3, -0.25) is 5.32 Å². The Kier molecular flexibility index (Phi) is 3.85. The van der Waals surface area contributed by atoms with Crippen LogP contribution in [-0.4, -0.2) is 27.8 Å². The Morgan fingerprint density at radius 3 is 2.56 bits per heavy atom. The average Bonchev–Trinajstić information content (AvgIpc) is 2.17. The number of anilines is 1. The molecule has 0 fully saturated rings. The van der Waals surface area contributed by atoms with Crippen molar-refractivity contribution < 1.29 is 23.8 Å². The molecule has 0 aromatic carbocycles. The number of ether oxygens (including phenoxy) is 1. The Morgan fingerprint density at radius 2 is 2.06 bits per heavy atom. The second kappa shape index (κ2) is 4.99. The number of carboxylic acids is 1. The minimum Gasteiger partial charge on any atom is -0.478 e. The molecule has 1 aromatic rings. The van der Waals surface area contributed by atoms with E-state index in [0.29, 0.717) is 0 Å². The second-order valence-corrected chi connectivity index (χ2v) is 4.49. The van der Waals surface area contributed by atoms with Crippen molar-refractivity contribution in [2.24, 2.45) is 0 Å². The number of hydrogen-bond donors (Lipinski definition) is 2.